The average molecular weight is 164 g/mol. The van der Waals surface area contributed by atoms with Crippen molar-refractivity contribution in [2.75, 3.05) is 6.61 Å². The highest BCUT2D eigenvalue weighted by atomic mass is 16.2. The number of rotatable bonds is 1. The molecule has 0 aliphatic rings. The summed E-state index contributed by atoms with van der Waals surface area (Å²) in [5.41, 5.74) is 0.845. The van der Waals surface area contributed by atoms with E-state index in [0.29, 0.717) is 6.04 Å². The van der Waals surface area contributed by atoms with E-state index in [-0.39, 0.29) is 6.61 Å². The SMILES string of the molecule is CC(C)n1cc(C#CCO)cn1. The molecular formula is C9H12N2O. The lowest BCUT2D eigenvalue weighted by Gasteiger charge is -2.01. The van der Waals surface area contributed by atoms with Crippen LogP contribution in [0.15, 0.2) is 12.4 Å². The predicted octanol–water partition coefficient (Wildman–Crippen LogP) is 0.808. The molecule has 3 nitrogen and oxygen atoms in total. The van der Waals surface area contributed by atoms with Crippen molar-refractivity contribution in [1.29, 1.82) is 0 Å². The number of hydrogen-bond donors (Lipinski definition) is 1. The van der Waals surface area contributed by atoms with E-state index >= 15 is 0 Å². The molecule has 0 saturated heterocycles. The zero-order chi connectivity index (χ0) is 8.97. The van der Waals surface area contributed by atoms with Crippen molar-refractivity contribution in [3.63, 3.8) is 0 Å². The number of aromatic nitrogens is 2. The van der Waals surface area contributed by atoms with Gasteiger partial charge in [0.25, 0.3) is 0 Å². The van der Waals surface area contributed by atoms with Crippen LogP contribution in [0.2, 0.25) is 0 Å². The Kier molecular flexibility index (Phi) is 2.89. The Labute approximate surface area is 72.0 Å². The lowest BCUT2D eigenvalue weighted by Crippen LogP contribution is -1.99. The van der Waals surface area contributed by atoms with Gasteiger partial charge in [-0.1, -0.05) is 11.8 Å². The molecule has 1 heterocycles. The maximum atomic E-state index is 8.44. The van der Waals surface area contributed by atoms with Crippen LogP contribution in [0.25, 0.3) is 0 Å². The Bertz CT molecular complexity index is 304. The molecular weight excluding hydrogens is 152 g/mol. The number of nitrogens with zero attached hydrogens (tertiary/aromatic N) is 2. The molecule has 0 aromatic carbocycles. The minimum atomic E-state index is -0.104. The standard InChI is InChI=1S/C9H12N2O/c1-8(2)11-7-9(6-10-11)4-3-5-12/h6-8,12H,5H2,1-2H3. The summed E-state index contributed by atoms with van der Waals surface area (Å²) in [5, 5.41) is 12.5. The molecule has 0 aliphatic heterocycles. The maximum Gasteiger partial charge on any atom is 0.104 e. The van der Waals surface area contributed by atoms with Gasteiger partial charge in [0.2, 0.25) is 0 Å². The number of hydrogen-bond acceptors (Lipinski definition) is 2. The van der Waals surface area contributed by atoms with E-state index in [0.717, 1.165) is 5.56 Å². The van der Waals surface area contributed by atoms with Gasteiger partial charge in [0.05, 0.1) is 11.8 Å². The van der Waals surface area contributed by atoms with Crippen molar-refractivity contribution in [1.82, 2.24) is 9.78 Å². The molecule has 64 valence electrons. The van der Waals surface area contributed by atoms with Crippen LogP contribution in [-0.4, -0.2) is 21.5 Å². The molecule has 1 aromatic heterocycles. The molecule has 0 atom stereocenters. The summed E-state index contributed by atoms with van der Waals surface area (Å²) in [5.74, 6) is 5.36. The summed E-state index contributed by atoms with van der Waals surface area (Å²) < 4.78 is 1.83. The zero-order valence-corrected chi connectivity index (χ0v) is 7.28. The van der Waals surface area contributed by atoms with Gasteiger partial charge in [-0.05, 0) is 13.8 Å². The summed E-state index contributed by atoms with van der Waals surface area (Å²) in [7, 11) is 0. The molecule has 0 saturated carbocycles. The van der Waals surface area contributed by atoms with Gasteiger partial charge in [0.15, 0.2) is 0 Å². The second-order valence-electron chi connectivity index (χ2n) is 2.76. The van der Waals surface area contributed by atoms with Crippen molar-refractivity contribution in [3.8, 4) is 11.8 Å². The van der Waals surface area contributed by atoms with Crippen LogP contribution < -0.4 is 0 Å². The summed E-state index contributed by atoms with van der Waals surface area (Å²) in [6.07, 6.45) is 3.57. The van der Waals surface area contributed by atoms with E-state index in [1.165, 1.54) is 0 Å². The van der Waals surface area contributed by atoms with Gasteiger partial charge in [0, 0.05) is 12.2 Å². The van der Waals surface area contributed by atoms with Gasteiger partial charge in [-0.25, -0.2) is 0 Å². The van der Waals surface area contributed by atoms with Crippen molar-refractivity contribution in [2.45, 2.75) is 19.9 Å². The summed E-state index contributed by atoms with van der Waals surface area (Å²) in [6, 6.07) is 0.356. The van der Waals surface area contributed by atoms with Crippen LogP contribution in [0.1, 0.15) is 25.5 Å². The van der Waals surface area contributed by atoms with E-state index in [2.05, 4.69) is 30.8 Å². The third-order valence-electron chi connectivity index (χ3n) is 1.44. The highest BCUT2D eigenvalue weighted by Crippen LogP contribution is 2.03. The fraction of sp³-hybridized carbons (Fsp3) is 0.444. The van der Waals surface area contributed by atoms with E-state index < -0.39 is 0 Å². The summed E-state index contributed by atoms with van der Waals surface area (Å²) in [4.78, 5) is 0. The lowest BCUT2D eigenvalue weighted by atomic mass is 10.3. The number of aliphatic hydroxyl groups excluding tert-OH is 1. The van der Waals surface area contributed by atoms with Crippen LogP contribution in [-0.2, 0) is 0 Å². The van der Waals surface area contributed by atoms with Gasteiger partial charge in [-0.3, -0.25) is 4.68 Å². The minimum Gasteiger partial charge on any atom is -0.384 e. The molecule has 1 rings (SSSR count). The topological polar surface area (TPSA) is 38.0 Å². The van der Waals surface area contributed by atoms with Crippen molar-refractivity contribution in [3.05, 3.63) is 18.0 Å². The molecule has 0 fully saturated rings. The predicted molar refractivity (Wildman–Crippen MR) is 46.6 cm³/mol. The third kappa shape index (κ3) is 2.11. The monoisotopic (exact) mass is 164 g/mol. The van der Waals surface area contributed by atoms with Crippen LogP contribution in [0.3, 0.4) is 0 Å². The van der Waals surface area contributed by atoms with Crippen LogP contribution >= 0.6 is 0 Å². The zero-order valence-electron chi connectivity index (χ0n) is 7.28. The van der Waals surface area contributed by atoms with Gasteiger partial charge >= 0.3 is 0 Å². The molecule has 0 amide bonds. The maximum absolute atomic E-state index is 8.44. The first kappa shape index (κ1) is 8.82. The first-order valence-electron chi connectivity index (χ1n) is 3.88. The van der Waals surface area contributed by atoms with Crippen LogP contribution in [0.4, 0.5) is 0 Å². The molecule has 3 heteroatoms. The third-order valence-corrected chi connectivity index (χ3v) is 1.44. The Morgan fingerprint density at radius 3 is 2.92 bits per heavy atom. The molecule has 0 aliphatic carbocycles. The van der Waals surface area contributed by atoms with E-state index in [1.54, 1.807) is 6.20 Å². The fourth-order valence-electron chi connectivity index (χ4n) is 0.827. The fourth-order valence-corrected chi connectivity index (χ4v) is 0.827. The van der Waals surface area contributed by atoms with Crippen molar-refractivity contribution in [2.24, 2.45) is 0 Å². The van der Waals surface area contributed by atoms with Gasteiger partial charge in [-0.2, -0.15) is 5.10 Å². The number of aliphatic hydroxyl groups is 1. The Balaban J connectivity index is 2.77. The second-order valence-corrected chi connectivity index (χ2v) is 2.76. The average Bonchev–Trinajstić information content (AvgIpc) is 2.48. The van der Waals surface area contributed by atoms with Crippen LogP contribution in [0, 0.1) is 11.8 Å². The quantitative estimate of drug-likeness (QED) is 0.624. The van der Waals surface area contributed by atoms with Gasteiger partial charge < -0.3 is 5.11 Å². The second kappa shape index (κ2) is 3.93. The Morgan fingerprint density at radius 2 is 2.42 bits per heavy atom. The lowest BCUT2D eigenvalue weighted by molar-refractivity contribution is 0.350. The minimum absolute atomic E-state index is 0.104. The molecule has 0 spiro atoms. The molecule has 1 aromatic rings. The van der Waals surface area contributed by atoms with Crippen molar-refractivity contribution < 1.29 is 5.11 Å². The molecule has 12 heavy (non-hydrogen) atoms. The highest BCUT2D eigenvalue weighted by Gasteiger charge is 1.97. The Hall–Kier alpha value is -1.27. The molecule has 0 unspecified atom stereocenters. The summed E-state index contributed by atoms with van der Waals surface area (Å²) in [6.45, 7) is 4.00. The molecule has 0 bridgehead atoms. The highest BCUT2D eigenvalue weighted by molar-refractivity contribution is 5.29. The van der Waals surface area contributed by atoms with Crippen molar-refractivity contribution >= 4 is 0 Å². The Morgan fingerprint density at radius 1 is 1.67 bits per heavy atom. The first-order valence-corrected chi connectivity index (χ1v) is 3.88. The molecule has 1 N–H and O–H groups in total. The van der Waals surface area contributed by atoms with E-state index in [4.69, 9.17) is 5.11 Å². The largest absolute Gasteiger partial charge is 0.384 e. The smallest absolute Gasteiger partial charge is 0.104 e. The van der Waals surface area contributed by atoms with Gasteiger partial charge in [0.1, 0.15) is 6.61 Å². The first-order chi connectivity index (χ1) is 5.74. The summed E-state index contributed by atoms with van der Waals surface area (Å²) >= 11 is 0. The van der Waals surface area contributed by atoms with E-state index in [1.807, 2.05) is 10.9 Å². The van der Waals surface area contributed by atoms with Crippen LogP contribution in [0.5, 0.6) is 0 Å². The molecule has 0 radical (unpaired) electrons. The van der Waals surface area contributed by atoms with Gasteiger partial charge in [-0.15, -0.1) is 0 Å². The normalized spacial score (nSPS) is 9.67. The van der Waals surface area contributed by atoms with E-state index in [9.17, 15) is 0 Å².